The van der Waals surface area contributed by atoms with Gasteiger partial charge in [-0.05, 0) is 24.7 Å². The van der Waals surface area contributed by atoms with Gasteiger partial charge in [0.2, 0.25) is 0 Å². The fraction of sp³-hybridized carbons (Fsp3) is 0.412. The van der Waals surface area contributed by atoms with Crippen LogP contribution < -0.4 is 10.6 Å². The summed E-state index contributed by atoms with van der Waals surface area (Å²) in [5.74, 6) is 1.60. The van der Waals surface area contributed by atoms with Gasteiger partial charge in [-0.25, -0.2) is 9.97 Å². The quantitative estimate of drug-likeness (QED) is 0.881. The number of nitrogens with zero attached hydrogens (tertiary/aromatic N) is 4. The maximum atomic E-state index is 4.50. The van der Waals surface area contributed by atoms with Gasteiger partial charge in [0.25, 0.3) is 0 Å². The Morgan fingerprint density at radius 3 is 2.57 bits per heavy atom. The zero-order chi connectivity index (χ0) is 16.1. The van der Waals surface area contributed by atoms with Crippen LogP contribution in [-0.4, -0.2) is 60.0 Å². The van der Waals surface area contributed by atoms with Gasteiger partial charge in [0, 0.05) is 63.9 Å². The molecule has 23 heavy (non-hydrogen) atoms. The molecule has 2 aromatic rings. The molecule has 0 bridgehead atoms. The fourth-order valence-corrected chi connectivity index (χ4v) is 2.64. The third-order valence-corrected chi connectivity index (χ3v) is 4.13. The number of nitrogens with one attached hydrogen (secondary N) is 2. The number of aromatic nitrogens is 2. The molecule has 3 heterocycles. The first kappa shape index (κ1) is 15.7. The van der Waals surface area contributed by atoms with E-state index in [1.165, 1.54) is 5.56 Å². The van der Waals surface area contributed by atoms with Crippen molar-refractivity contribution < 1.29 is 0 Å². The van der Waals surface area contributed by atoms with Gasteiger partial charge in [-0.2, -0.15) is 0 Å². The molecule has 1 aliphatic rings. The Labute approximate surface area is 137 Å². The monoisotopic (exact) mass is 312 g/mol. The molecule has 0 spiro atoms. The van der Waals surface area contributed by atoms with Crippen LogP contribution in [0.5, 0.6) is 0 Å². The lowest BCUT2D eigenvalue weighted by molar-refractivity contribution is 0.148. The summed E-state index contributed by atoms with van der Waals surface area (Å²) < 4.78 is 0. The van der Waals surface area contributed by atoms with Crippen molar-refractivity contribution in [2.45, 2.75) is 6.54 Å². The number of rotatable bonds is 5. The number of likely N-dealkylation sites (N-methyl/N-ethyl adjacent to an activating group) is 1. The summed E-state index contributed by atoms with van der Waals surface area (Å²) in [5.41, 5.74) is 2.27. The summed E-state index contributed by atoms with van der Waals surface area (Å²) in [6.45, 7) is 5.49. The van der Waals surface area contributed by atoms with Crippen LogP contribution in [0.15, 0.2) is 36.7 Å². The Morgan fingerprint density at radius 2 is 1.87 bits per heavy atom. The van der Waals surface area contributed by atoms with Gasteiger partial charge >= 0.3 is 0 Å². The predicted molar refractivity (Wildman–Crippen MR) is 94.1 cm³/mol. The van der Waals surface area contributed by atoms with Crippen LogP contribution in [0.2, 0.25) is 0 Å². The molecule has 1 saturated heterocycles. The van der Waals surface area contributed by atoms with Crippen molar-refractivity contribution in [3.63, 3.8) is 0 Å². The normalized spacial score (nSPS) is 16.3. The second kappa shape index (κ2) is 7.39. The van der Waals surface area contributed by atoms with Gasteiger partial charge in [0.05, 0.1) is 0 Å². The van der Waals surface area contributed by atoms with Crippen molar-refractivity contribution in [3.05, 3.63) is 42.2 Å². The first-order chi connectivity index (χ1) is 11.2. The van der Waals surface area contributed by atoms with Crippen LogP contribution in [0.25, 0.3) is 0 Å². The van der Waals surface area contributed by atoms with E-state index in [2.05, 4.69) is 43.5 Å². The molecule has 0 atom stereocenters. The van der Waals surface area contributed by atoms with Crippen LogP contribution in [0.4, 0.5) is 17.3 Å². The molecule has 6 nitrogen and oxygen atoms in total. The summed E-state index contributed by atoms with van der Waals surface area (Å²) >= 11 is 0. The summed E-state index contributed by atoms with van der Waals surface area (Å²) in [4.78, 5) is 13.6. The zero-order valence-electron chi connectivity index (χ0n) is 13.8. The van der Waals surface area contributed by atoms with Crippen LogP contribution in [0.3, 0.4) is 0 Å². The summed E-state index contributed by atoms with van der Waals surface area (Å²) in [6, 6.07) is 8.03. The van der Waals surface area contributed by atoms with Gasteiger partial charge < -0.3 is 15.5 Å². The fourth-order valence-electron chi connectivity index (χ4n) is 2.64. The van der Waals surface area contributed by atoms with E-state index in [4.69, 9.17) is 0 Å². The minimum atomic E-state index is 0.788. The van der Waals surface area contributed by atoms with Gasteiger partial charge in [0.1, 0.15) is 11.6 Å². The van der Waals surface area contributed by atoms with Crippen molar-refractivity contribution in [3.8, 4) is 0 Å². The van der Waals surface area contributed by atoms with Gasteiger partial charge in [-0.3, -0.25) is 4.90 Å². The number of pyridine rings is 2. The second-order valence-electron chi connectivity index (χ2n) is 5.94. The number of hydrogen-bond donors (Lipinski definition) is 2. The molecule has 0 aromatic carbocycles. The molecule has 2 aromatic heterocycles. The van der Waals surface area contributed by atoms with E-state index < -0.39 is 0 Å². The van der Waals surface area contributed by atoms with Crippen LogP contribution in [0.1, 0.15) is 5.56 Å². The Hall–Kier alpha value is -2.18. The number of anilines is 3. The lowest BCUT2D eigenvalue weighted by Gasteiger charge is -2.32. The minimum Gasteiger partial charge on any atom is -0.388 e. The Balaban J connectivity index is 1.58. The van der Waals surface area contributed by atoms with E-state index in [0.717, 1.165) is 50.0 Å². The predicted octanol–water partition coefficient (Wildman–Crippen LogP) is 2.01. The first-order valence-corrected chi connectivity index (χ1v) is 7.99. The molecule has 0 amide bonds. The van der Waals surface area contributed by atoms with E-state index in [1.54, 1.807) is 6.20 Å². The Kier molecular flexibility index (Phi) is 5.05. The lowest BCUT2D eigenvalue weighted by atomic mass is 10.2. The average Bonchev–Trinajstić information content (AvgIpc) is 2.59. The molecule has 0 radical (unpaired) electrons. The summed E-state index contributed by atoms with van der Waals surface area (Å²) in [6.07, 6.45) is 3.72. The molecule has 3 rings (SSSR count). The Morgan fingerprint density at radius 1 is 1.04 bits per heavy atom. The zero-order valence-corrected chi connectivity index (χ0v) is 13.8. The smallest absolute Gasteiger partial charge is 0.133 e. The van der Waals surface area contributed by atoms with E-state index in [9.17, 15) is 0 Å². The van der Waals surface area contributed by atoms with Crippen molar-refractivity contribution in [1.82, 2.24) is 19.8 Å². The standard InChI is InChI=1S/C17H24N6/c1-18-15-5-6-19-17(11-15)21-16-4-3-14(12-20-16)13-23-9-7-22(2)8-10-23/h3-6,11-12H,7-10,13H2,1-2H3,(H2,18,19,20,21). The summed E-state index contributed by atoms with van der Waals surface area (Å²) in [5, 5.41) is 6.33. The molecule has 2 N–H and O–H groups in total. The van der Waals surface area contributed by atoms with Crippen LogP contribution in [-0.2, 0) is 6.54 Å². The van der Waals surface area contributed by atoms with Crippen molar-refractivity contribution in [2.75, 3.05) is 50.9 Å². The van der Waals surface area contributed by atoms with Crippen molar-refractivity contribution >= 4 is 17.3 Å². The van der Waals surface area contributed by atoms with Gasteiger partial charge in [-0.15, -0.1) is 0 Å². The molecule has 0 saturated carbocycles. The highest BCUT2D eigenvalue weighted by molar-refractivity contribution is 5.57. The SMILES string of the molecule is CNc1ccnc(Nc2ccc(CN3CCN(C)CC3)cn2)c1. The highest BCUT2D eigenvalue weighted by Crippen LogP contribution is 2.16. The second-order valence-corrected chi connectivity index (χ2v) is 5.94. The molecule has 6 heteroatoms. The van der Waals surface area contributed by atoms with E-state index in [0.29, 0.717) is 0 Å². The van der Waals surface area contributed by atoms with Crippen LogP contribution in [0, 0.1) is 0 Å². The maximum absolute atomic E-state index is 4.50. The van der Waals surface area contributed by atoms with Gasteiger partial charge in [-0.1, -0.05) is 6.07 Å². The largest absolute Gasteiger partial charge is 0.388 e. The third kappa shape index (κ3) is 4.40. The first-order valence-electron chi connectivity index (χ1n) is 7.99. The van der Waals surface area contributed by atoms with E-state index in [-0.39, 0.29) is 0 Å². The van der Waals surface area contributed by atoms with E-state index in [1.807, 2.05) is 31.4 Å². The average molecular weight is 312 g/mol. The lowest BCUT2D eigenvalue weighted by Crippen LogP contribution is -2.43. The van der Waals surface area contributed by atoms with Crippen molar-refractivity contribution in [2.24, 2.45) is 0 Å². The molecule has 1 aliphatic heterocycles. The molecular formula is C17H24N6. The topological polar surface area (TPSA) is 56.3 Å². The number of piperazine rings is 1. The molecule has 0 aliphatic carbocycles. The molecule has 122 valence electrons. The van der Waals surface area contributed by atoms with Crippen LogP contribution >= 0.6 is 0 Å². The van der Waals surface area contributed by atoms with Gasteiger partial charge in [0.15, 0.2) is 0 Å². The van der Waals surface area contributed by atoms with Crippen molar-refractivity contribution in [1.29, 1.82) is 0 Å². The summed E-state index contributed by atoms with van der Waals surface area (Å²) in [7, 11) is 4.07. The molecule has 0 unspecified atom stereocenters. The highest BCUT2D eigenvalue weighted by atomic mass is 15.2. The maximum Gasteiger partial charge on any atom is 0.133 e. The third-order valence-electron chi connectivity index (χ3n) is 4.13. The molecular weight excluding hydrogens is 288 g/mol. The van der Waals surface area contributed by atoms with E-state index >= 15 is 0 Å². The minimum absolute atomic E-state index is 0.788. The highest BCUT2D eigenvalue weighted by Gasteiger charge is 2.13. The Bertz CT molecular complexity index is 619. The number of hydrogen-bond acceptors (Lipinski definition) is 6. The molecule has 1 fully saturated rings.